The van der Waals surface area contributed by atoms with Gasteiger partial charge in [-0.2, -0.15) is 0 Å². The Bertz CT molecular complexity index is 2270. The minimum absolute atomic E-state index is 0.207. The summed E-state index contributed by atoms with van der Waals surface area (Å²) >= 11 is 0. The van der Waals surface area contributed by atoms with Crippen LogP contribution in [0.3, 0.4) is 0 Å². The van der Waals surface area contributed by atoms with Crippen molar-refractivity contribution in [1.82, 2.24) is 30.4 Å². The van der Waals surface area contributed by atoms with E-state index in [1.807, 2.05) is 24.3 Å². The molecule has 6 aromatic rings. The van der Waals surface area contributed by atoms with E-state index in [1.54, 1.807) is 36.4 Å². The third-order valence-electron chi connectivity index (χ3n) is 11.1. The van der Waals surface area contributed by atoms with Gasteiger partial charge in [-0.15, -0.1) is 0 Å². The number of benzene rings is 4. The molecule has 0 aliphatic carbocycles. The van der Waals surface area contributed by atoms with Crippen molar-refractivity contribution in [3.05, 3.63) is 131 Å². The second-order valence-electron chi connectivity index (χ2n) is 15.7. The van der Waals surface area contributed by atoms with Crippen molar-refractivity contribution in [3.63, 3.8) is 0 Å². The van der Waals surface area contributed by atoms with Crippen LogP contribution in [0.4, 0.5) is 8.78 Å². The highest BCUT2D eigenvalue weighted by atomic mass is 19.1. The van der Waals surface area contributed by atoms with Crippen LogP contribution in [0.2, 0.25) is 0 Å². The molecule has 8 rings (SSSR count). The van der Waals surface area contributed by atoms with Crippen LogP contribution in [-0.4, -0.2) is 81.9 Å². The average Bonchev–Trinajstić information content (AvgIpc) is 3.20. The molecule has 2 aliphatic heterocycles. The zero-order valence-electron chi connectivity index (χ0n) is 33.3. The number of nitrogens with one attached hydrogen (secondary N) is 2. The van der Waals surface area contributed by atoms with E-state index >= 15 is 0 Å². The quantitative estimate of drug-likeness (QED) is 0.135. The number of nitrogens with two attached hydrogens (primary N) is 2. The van der Waals surface area contributed by atoms with Gasteiger partial charge in [-0.1, -0.05) is 48.5 Å². The van der Waals surface area contributed by atoms with Crippen molar-refractivity contribution in [3.8, 4) is 22.3 Å². The zero-order chi connectivity index (χ0) is 41.1. The van der Waals surface area contributed by atoms with Crippen LogP contribution in [0.15, 0.2) is 97.1 Å². The summed E-state index contributed by atoms with van der Waals surface area (Å²) in [5.74, 6) is -1.76. The molecular weight excluding hydrogens is 735 g/mol. The summed E-state index contributed by atoms with van der Waals surface area (Å²) in [6.45, 7) is 14.3. The molecule has 6 N–H and O–H groups in total. The molecule has 4 aromatic carbocycles. The van der Waals surface area contributed by atoms with Crippen LogP contribution in [0, 0.1) is 11.6 Å². The highest BCUT2D eigenvalue weighted by molar-refractivity contribution is 6.02. The number of rotatable bonds is 8. The first-order valence-electron chi connectivity index (χ1n) is 19.7. The van der Waals surface area contributed by atoms with Crippen LogP contribution in [-0.2, 0) is 13.1 Å². The predicted octanol–water partition coefficient (Wildman–Crippen LogP) is 6.64. The van der Waals surface area contributed by atoms with Gasteiger partial charge in [0.15, 0.2) is 0 Å². The number of halogens is 2. The molecule has 2 unspecified atom stereocenters. The maximum atomic E-state index is 13.4. The molecule has 0 radical (unpaired) electrons. The molecule has 2 fully saturated rings. The van der Waals surface area contributed by atoms with Gasteiger partial charge in [0, 0.05) is 74.2 Å². The van der Waals surface area contributed by atoms with Crippen LogP contribution in [0.5, 0.6) is 0 Å². The van der Waals surface area contributed by atoms with E-state index in [1.165, 1.54) is 24.3 Å². The van der Waals surface area contributed by atoms with E-state index in [0.717, 1.165) is 83.4 Å². The fourth-order valence-corrected chi connectivity index (χ4v) is 7.84. The van der Waals surface area contributed by atoms with Crippen molar-refractivity contribution in [2.24, 2.45) is 11.5 Å². The van der Waals surface area contributed by atoms with E-state index in [0.29, 0.717) is 35.2 Å². The van der Waals surface area contributed by atoms with Crippen LogP contribution in [0.25, 0.3) is 44.1 Å². The minimum atomic E-state index is -0.579. The van der Waals surface area contributed by atoms with E-state index in [9.17, 15) is 18.4 Å². The molecule has 0 spiro atoms. The van der Waals surface area contributed by atoms with Gasteiger partial charge in [0.05, 0.1) is 11.0 Å². The second kappa shape index (κ2) is 17.5. The van der Waals surface area contributed by atoms with Gasteiger partial charge >= 0.3 is 0 Å². The number of nitrogens with zero attached hydrogens (tertiary/aromatic N) is 4. The summed E-state index contributed by atoms with van der Waals surface area (Å²) < 4.78 is 26.7. The number of amides is 2. The summed E-state index contributed by atoms with van der Waals surface area (Å²) in [4.78, 5) is 37.6. The van der Waals surface area contributed by atoms with Gasteiger partial charge in [0.25, 0.3) is 11.8 Å². The fraction of sp³-hybridized carbons (Fsp3) is 0.304. The number of carbonyl (C=O) groups excluding carboxylic acids is 2. The van der Waals surface area contributed by atoms with Crippen molar-refractivity contribution in [2.75, 3.05) is 26.2 Å². The van der Waals surface area contributed by atoms with Crippen molar-refractivity contribution in [2.45, 2.75) is 65.0 Å². The topological polar surface area (TPSA) is 142 Å². The number of hydrogen-bond donors (Lipinski definition) is 4. The van der Waals surface area contributed by atoms with Gasteiger partial charge < -0.3 is 22.1 Å². The van der Waals surface area contributed by atoms with Gasteiger partial charge in [-0.05, 0) is 110 Å². The first-order valence-corrected chi connectivity index (χ1v) is 19.7. The molecule has 2 aromatic heterocycles. The number of piperazine rings is 2. The Kier molecular flexibility index (Phi) is 12.2. The highest BCUT2D eigenvalue weighted by Crippen LogP contribution is 2.32. The number of fused-ring (bicyclic) bond motifs is 2. The number of primary amides is 2. The number of hydrogen-bond acceptors (Lipinski definition) is 8. The lowest BCUT2D eigenvalue weighted by Crippen LogP contribution is -2.53. The Morgan fingerprint density at radius 3 is 1.34 bits per heavy atom. The van der Waals surface area contributed by atoms with Crippen molar-refractivity contribution < 1.29 is 18.4 Å². The lowest BCUT2D eigenvalue weighted by molar-refractivity contribution is 0.0987. The van der Waals surface area contributed by atoms with Gasteiger partial charge in [0.1, 0.15) is 23.0 Å². The standard InChI is InChI=1S/2C23H25FN4O/c2*1-14-12-28(15(2)11-26-14)13-16-3-8-19-20(17-4-6-18(24)7-5-17)10-22(23(25)29)27-21(19)9-16/h2*3-10,14-15,26H,11-13H2,1-2H3,(H2,25,29)/t2*14?,15-/m00/s1. The molecule has 300 valence electrons. The van der Waals surface area contributed by atoms with E-state index in [4.69, 9.17) is 11.5 Å². The first-order chi connectivity index (χ1) is 27.8. The molecule has 58 heavy (non-hydrogen) atoms. The van der Waals surface area contributed by atoms with Gasteiger partial charge in [0.2, 0.25) is 0 Å². The largest absolute Gasteiger partial charge is 0.364 e. The molecule has 0 saturated carbocycles. The van der Waals surface area contributed by atoms with E-state index in [2.05, 4.69) is 70.2 Å². The molecule has 2 aliphatic rings. The predicted molar refractivity (Wildman–Crippen MR) is 226 cm³/mol. The van der Waals surface area contributed by atoms with Crippen LogP contribution >= 0.6 is 0 Å². The fourth-order valence-electron chi connectivity index (χ4n) is 7.84. The maximum Gasteiger partial charge on any atom is 0.267 e. The molecule has 4 heterocycles. The van der Waals surface area contributed by atoms with Crippen LogP contribution in [0.1, 0.15) is 59.8 Å². The molecule has 10 nitrogen and oxygen atoms in total. The van der Waals surface area contributed by atoms with Gasteiger partial charge in [-0.3, -0.25) is 19.4 Å². The molecular formula is C46H50F2N8O2. The number of carbonyl (C=O) groups is 2. The third-order valence-corrected chi connectivity index (χ3v) is 11.1. The van der Waals surface area contributed by atoms with Gasteiger partial charge in [-0.25, -0.2) is 18.7 Å². The molecule has 0 bridgehead atoms. The number of pyridine rings is 2. The first kappa shape index (κ1) is 40.5. The number of aromatic nitrogens is 2. The second-order valence-corrected chi connectivity index (χ2v) is 15.7. The van der Waals surface area contributed by atoms with E-state index in [-0.39, 0.29) is 23.0 Å². The Balaban J connectivity index is 0.000000177. The summed E-state index contributed by atoms with van der Waals surface area (Å²) in [6.07, 6.45) is 0. The molecule has 2 saturated heterocycles. The Hall–Kier alpha value is -5.66. The van der Waals surface area contributed by atoms with Crippen LogP contribution < -0.4 is 22.1 Å². The maximum absolute atomic E-state index is 13.4. The smallest absolute Gasteiger partial charge is 0.267 e. The van der Waals surface area contributed by atoms with Crippen molar-refractivity contribution in [1.29, 1.82) is 0 Å². The van der Waals surface area contributed by atoms with E-state index < -0.39 is 11.8 Å². The van der Waals surface area contributed by atoms with Crippen molar-refractivity contribution >= 4 is 33.6 Å². The zero-order valence-corrected chi connectivity index (χ0v) is 33.3. The Labute approximate surface area is 337 Å². The minimum Gasteiger partial charge on any atom is -0.364 e. The molecule has 4 atom stereocenters. The summed E-state index contributed by atoms with van der Waals surface area (Å²) in [7, 11) is 0. The molecule has 2 amide bonds. The Morgan fingerprint density at radius 1 is 0.603 bits per heavy atom. The Morgan fingerprint density at radius 2 is 0.983 bits per heavy atom. The average molecular weight is 785 g/mol. The monoisotopic (exact) mass is 784 g/mol. The normalized spacial score (nSPS) is 20.1. The lowest BCUT2D eigenvalue weighted by Gasteiger charge is -2.37. The SMILES string of the molecule is CC1CN(Cc2ccc3c(-c4ccc(F)cc4)cc(C(N)=O)nc3c2)[C@@H](C)CN1.CC1CN(Cc2ccc3c(-c4ccc(F)cc4)cc(C(N)=O)nc3c2)[C@@H](C)CN1. The molecule has 12 heteroatoms. The summed E-state index contributed by atoms with van der Waals surface area (Å²) in [5, 5.41) is 8.81. The summed E-state index contributed by atoms with van der Waals surface area (Å²) in [5.41, 5.74) is 18.4. The highest BCUT2D eigenvalue weighted by Gasteiger charge is 2.24. The third kappa shape index (κ3) is 9.37. The lowest BCUT2D eigenvalue weighted by atomic mass is 9.98. The summed E-state index contributed by atoms with van der Waals surface area (Å²) in [6, 6.07) is 29.9.